The minimum atomic E-state index is -0.863. The van der Waals surface area contributed by atoms with E-state index >= 15 is 0 Å². The Hall–Kier alpha value is -1.70. The fourth-order valence-corrected chi connectivity index (χ4v) is 1.83. The number of likely N-dealkylation sites (tertiary alicyclic amines) is 1. The van der Waals surface area contributed by atoms with Crippen molar-refractivity contribution in [2.75, 3.05) is 13.1 Å². The summed E-state index contributed by atoms with van der Waals surface area (Å²) in [7, 11) is 0. The van der Waals surface area contributed by atoms with Crippen LogP contribution < -0.4 is 5.32 Å². The zero-order chi connectivity index (χ0) is 12.0. The van der Waals surface area contributed by atoms with Crippen molar-refractivity contribution >= 4 is 12.0 Å². The van der Waals surface area contributed by atoms with Crippen LogP contribution in [0.5, 0.6) is 0 Å². The van der Waals surface area contributed by atoms with Crippen LogP contribution in [-0.4, -0.2) is 41.1 Å². The molecule has 1 fully saturated rings. The second-order valence-corrected chi connectivity index (χ2v) is 3.67. The van der Waals surface area contributed by atoms with Crippen molar-refractivity contribution < 1.29 is 14.7 Å². The van der Waals surface area contributed by atoms with E-state index in [9.17, 15) is 9.59 Å². The highest BCUT2D eigenvalue weighted by Gasteiger charge is 2.29. The van der Waals surface area contributed by atoms with Crippen molar-refractivity contribution in [3.05, 3.63) is 0 Å². The van der Waals surface area contributed by atoms with Crippen LogP contribution in [0, 0.1) is 11.8 Å². The molecule has 2 N–H and O–H groups in total. The van der Waals surface area contributed by atoms with Gasteiger partial charge in [0.2, 0.25) is 0 Å². The number of carbonyl (C=O) groups is 2. The van der Waals surface area contributed by atoms with Crippen molar-refractivity contribution in [3.63, 3.8) is 0 Å². The van der Waals surface area contributed by atoms with E-state index in [1.165, 1.54) is 0 Å². The molecule has 0 aromatic rings. The third-order valence-electron chi connectivity index (χ3n) is 2.55. The average Bonchev–Trinajstić information content (AvgIpc) is 2.65. The van der Waals surface area contributed by atoms with E-state index in [0.29, 0.717) is 13.1 Å². The van der Waals surface area contributed by atoms with Gasteiger partial charge in [0, 0.05) is 12.6 Å². The van der Waals surface area contributed by atoms with Crippen LogP contribution in [-0.2, 0) is 4.79 Å². The number of nitrogens with one attached hydrogen (secondary N) is 1. The van der Waals surface area contributed by atoms with Crippen molar-refractivity contribution in [1.82, 2.24) is 10.2 Å². The molecular weight excluding hydrogens is 208 g/mol. The molecule has 2 amide bonds. The maximum atomic E-state index is 11.7. The molecule has 88 valence electrons. The monoisotopic (exact) mass is 224 g/mol. The molecule has 0 aliphatic carbocycles. The number of rotatable bonds is 3. The summed E-state index contributed by atoms with van der Waals surface area (Å²) in [6.45, 7) is 2.64. The number of carbonyl (C=O) groups excluding carboxylic acids is 1. The molecule has 0 radical (unpaired) electrons. The first-order valence-corrected chi connectivity index (χ1v) is 5.31. The van der Waals surface area contributed by atoms with Crippen LogP contribution in [0.4, 0.5) is 4.79 Å². The first kappa shape index (κ1) is 12.4. The van der Waals surface area contributed by atoms with Crippen LogP contribution in [0.3, 0.4) is 0 Å². The summed E-state index contributed by atoms with van der Waals surface area (Å²) in [6.07, 6.45) is 1.65. The fraction of sp³-hybridized carbons (Fsp3) is 0.636. The lowest BCUT2D eigenvalue weighted by molar-refractivity contribution is -0.137. The Morgan fingerprint density at radius 3 is 2.94 bits per heavy atom. The number of carboxylic acid groups (broad SMARTS) is 1. The predicted molar refractivity (Wildman–Crippen MR) is 58.8 cm³/mol. The third-order valence-corrected chi connectivity index (χ3v) is 2.55. The zero-order valence-corrected chi connectivity index (χ0v) is 9.32. The Kier molecular flexibility index (Phi) is 4.65. The average molecular weight is 224 g/mol. The van der Waals surface area contributed by atoms with Gasteiger partial charge in [-0.2, -0.15) is 0 Å². The predicted octanol–water partition coefficient (Wildman–Crippen LogP) is 0.658. The molecule has 1 unspecified atom stereocenters. The second kappa shape index (κ2) is 6.01. The maximum Gasteiger partial charge on any atom is 0.318 e. The summed E-state index contributed by atoms with van der Waals surface area (Å²) in [4.78, 5) is 23.9. The largest absolute Gasteiger partial charge is 0.481 e. The van der Waals surface area contributed by atoms with Crippen LogP contribution >= 0.6 is 0 Å². The third kappa shape index (κ3) is 3.46. The maximum absolute atomic E-state index is 11.7. The minimum absolute atomic E-state index is 0.0207. The lowest BCUT2D eigenvalue weighted by Gasteiger charge is -2.23. The van der Waals surface area contributed by atoms with Crippen molar-refractivity contribution in [1.29, 1.82) is 0 Å². The van der Waals surface area contributed by atoms with Crippen LogP contribution in [0.2, 0.25) is 0 Å². The molecule has 0 spiro atoms. The molecular formula is C11H16N2O3. The summed E-state index contributed by atoms with van der Waals surface area (Å²) in [5.74, 6) is 4.55. The SMILES string of the molecule is CC#CCNC(=O)N1CCCC1CC(=O)O. The van der Waals surface area contributed by atoms with E-state index in [2.05, 4.69) is 17.2 Å². The highest BCUT2D eigenvalue weighted by atomic mass is 16.4. The Morgan fingerprint density at radius 2 is 2.31 bits per heavy atom. The molecule has 1 rings (SSSR count). The molecule has 1 atom stereocenters. The number of hydrogen-bond donors (Lipinski definition) is 2. The summed E-state index contributed by atoms with van der Waals surface area (Å²) in [6, 6.07) is -0.390. The highest BCUT2D eigenvalue weighted by Crippen LogP contribution is 2.19. The van der Waals surface area contributed by atoms with Gasteiger partial charge in [-0.3, -0.25) is 4.79 Å². The molecule has 1 aliphatic rings. The van der Waals surface area contributed by atoms with E-state index in [0.717, 1.165) is 12.8 Å². The standard InChI is InChI=1S/C11H16N2O3/c1-2-3-6-12-11(16)13-7-4-5-9(13)8-10(14)15/h9H,4-8H2,1H3,(H,12,16)(H,14,15). The molecule has 16 heavy (non-hydrogen) atoms. The van der Waals surface area contributed by atoms with E-state index in [1.807, 2.05) is 0 Å². The summed E-state index contributed by atoms with van der Waals surface area (Å²) >= 11 is 0. The topological polar surface area (TPSA) is 69.6 Å². The number of nitrogens with zero attached hydrogens (tertiary/aromatic N) is 1. The van der Waals surface area contributed by atoms with Crippen molar-refractivity contribution in [2.24, 2.45) is 0 Å². The molecule has 0 saturated carbocycles. The molecule has 0 aromatic carbocycles. The van der Waals surface area contributed by atoms with Gasteiger partial charge < -0.3 is 15.3 Å². The van der Waals surface area contributed by atoms with E-state index < -0.39 is 5.97 Å². The van der Waals surface area contributed by atoms with E-state index in [4.69, 9.17) is 5.11 Å². The molecule has 5 nitrogen and oxygen atoms in total. The number of hydrogen-bond acceptors (Lipinski definition) is 2. The van der Waals surface area contributed by atoms with Gasteiger partial charge in [0.05, 0.1) is 13.0 Å². The van der Waals surface area contributed by atoms with Gasteiger partial charge in [0.1, 0.15) is 0 Å². The molecule has 5 heteroatoms. The Balaban J connectivity index is 2.46. The fourth-order valence-electron chi connectivity index (χ4n) is 1.83. The molecule has 0 aromatic heterocycles. The lowest BCUT2D eigenvalue weighted by Crippen LogP contribution is -2.43. The quantitative estimate of drug-likeness (QED) is 0.692. The zero-order valence-electron chi connectivity index (χ0n) is 9.32. The summed E-state index contributed by atoms with van der Waals surface area (Å²) in [5.41, 5.74) is 0. The van der Waals surface area contributed by atoms with Gasteiger partial charge in [-0.15, -0.1) is 5.92 Å². The normalized spacial score (nSPS) is 18.8. The number of amides is 2. The van der Waals surface area contributed by atoms with Gasteiger partial charge >= 0.3 is 12.0 Å². The van der Waals surface area contributed by atoms with Crippen molar-refractivity contribution in [3.8, 4) is 11.8 Å². The summed E-state index contributed by atoms with van der Waals surface area (Å²) < 4.78 is 0. The number of aliphatic carboxylic acids is 1. The Labute approximate surface area is 94.8 Å². The van der Waals surface area contributed by atoms with Gasteiger partial charge in [0.15, 0.2) is 0 Å². The van der Waals surface area contributed by atoms with E-state index in [1.54, 1.807) is 11.8 Å². The second-order valence-electron chi connectivity index (χ2n) is 3.67. The minimum Gasteiger partial charge on any atom is -0.481 e. The molecule has 1 heterocycles. The van der Waals surface area contributed by atoms with Gasteiger partial charge in [-0.1, -0.05) is 5.92 Å². The van der Waals surface area contributed by atoms with Gasteiger partial charge in [-0.25, -0.2) is 4.79 Å². The Morgan fingerprint density at radius 1 is 1.56 bits per heavy atom. The summed E-state index contributed by atoms with van der Waals surface area (Å²) in [5, 5.41) is 11.4. The highest BCUT2D eigenvalue weighted by molar-refractivity contribution is 5.76. The molecule has 1 saturated heterocycles. The first-order chi connectivity index (χ1) is 7.65. The molecule has 0 bridgehead atoms. The van der Waals surface area contributed by atoms with E-state index in [-0.39, 0.29) is 18.5 Å². The van der Waals surface area contributed by atoms with Gasteiger partial charge in [0.25, 0.3) is 0 Å². The van der Waals surface area contributed by atoms with Crippen LogP contribution in [0.15, 0.2) is 0 Å². The number of carboxylic acids is 1. The van der Waals surface area contributed by atoms with Gasteiger partial charge in [-0.05, 0) is 19.8 Å². The first-order valence-electron chi connectivity index (χ1n) is 5.31. The Bertz CT molecular complexity index is 330. The van der Waals surface area contributed by atoms with Crippen LogP contribution in [0.1, 0.15) is 26.2 Å². The molecule has 1 aliphatic heterocycles. The number of urea groups is 1. The lowest BCUT2D eigenvalue weighted by atomic mass is 10.1. The smallest absolute Gasteiger partial charge is 0.318 e. The van der Waals surface area contributed by atoms with Crippen molar-refractivity contribution in [2.45, 2.75) is 32.2 Å². The van der Waals surface area contributed by atoms with Crippen LogP contribution in [0.25, 0.3) is 0 Å².